The predicted molar refractivity (Wildman–Crippen MR) is 85.6 cm³/mol. The molecule has 0 spiro atoms. The van der Waals surface area contributed by atoms with Crippen molar-refractivity contribution in [3.05, 3.63) is 64.7 Å². The first-order valence-corrected chi connectivity index (χ1v) is 7.49. The molecule has 0 saturated carbocycles. The molecule has 0 aliphatic rings. The van der Waals surface area contributed by atoms with Crippen LogP contribution in [0.1, 0.15) is 16.1 Å². The number of nitrogens with zero attached hydrogens (tertiary/aromatic N) is 4. The van der Waals surface area contributed by atoms with Crippen LogP contribution >= 0.6 is 15.9 Å². The SMILES string of the molecule is Cn1cc(Br)c(C(=O)NCc2ccc(-n3cccn3)cc2)n1. The Morgan fingerprint density at radius 1 is 1.32 bits per heavy atom. The van der Waals surface area contributed by atoms with Crippen molar-refractivity contribution < 1.29 is 4.79 Å². The fourth-order valence-corrected chi connectivity index (χ4v) is 2.62. The van der Waals surface area contributed by atoms with Crippen molar-refractivity contribution in [2.24, 2.45) is 7.05 Å². The number of hydrogen-bond donors (Lipinski definition) is 1. The van der Waals surface area contributed by atoms with Gasteiger partial charge in [-0.15, -0.1) is 0 Å². The molecule has 0 aliphatic heterocycles. The van der Waals surface area contributed by atoms with E-state index in [4.69, 9.17) is 0 Å². The normalized spacial score (nSPS) is 10.6. The fraction of sp³-hybridized carbons (Fsp3) is 0.133. The van der Waals surface area contributed by atoms with E-state index in [2.05, 4.69) is 31.4 Å². The van der Waals surface area contributed by atoms with E-state index in [1.54, 1.807) is 28.8 Å². The molecule has 0 aliphatic carbocycles. The summed E-state index contributed by atoms with van der Waals surface area (Å²) >= 11 is 3.32. The van der Waals surface area contributed by atoms with Crippen LogP contribution in [0.3, 0.4) is 0 Å². The molecule has 22 heavy (non-hydrogen) atoms. The highest BCUT2D eigenvalue weighted by atomic mass is 79.9. The first-order chi connectivity index (χ1) is 10.6. The van der Waals surface area contributed by atoms with Gasteiger partial charge in [0.05, 0.1) is 10.2 Å². The van der Waals surface area contributed by atoms with Gasteiger partial charge < -0.3 is 5.32 Å². The zero-order valence-electron chi connectivity index (χ0n) is 11.9. The van der Waals surface area contributed by atoms with Gasteiger partial charge in [0.15, 0.2) is 5.69 Å². The van der Waals surface area contributed by atoms with Gasteiger partial charge in [-0.1, -0.05) is 12.1 Å². The molecule has 1 N–H and O–H groups in total. The van der Waals surface area contributed by atoms with Crippen molar-refractivity contribution in [1.82, 2.24) is 24.9 Å². The Morgan fingerprint density at radius 3 is 2.68 bits per heavy atom. The van der Waals surface area contributed by atoms with Crippen molar-refractivity contribution in [3.63, 3.8) is 0 Å². The van der Waals surface area contributed by atoms with Crippen LogP contribution in [0, 0.1) is 0 Å². The van der Waals surface area contributed by atoms with Gasteiger partial charge in [-0.05, 0) is 39.7 Å². The maximum Gasteiger partial charge on any atom is 0.273 e. The maximum atomic E-state index is 12.1. The summed E-state index contributed by atoms with van der Waals surface area (Å²) in [5, 5.41) is 11.1. The monoisotopic (exact) mass is 359 g/mol. The lowest BCUT2D eigenvalue weighted by Gasteiger charge is -2.06. The molecule has 7 heteroatoms. The number of aryl methyl sites for hydroxylation is 1. The number of halogens is 1. The summed E-state index contributed by atoms with van der Waals surface area (Å²) in [4.78, 5) is 12.1. The minimum absolute atomic E-state index is 0.205. The molecule has 1 aromatic carbocycles. The van der Waals surface area contributed by atoms with Gasteiger partial charge in [-0.3, -0.25) is 9.48 Å². The average molecular weight is 360 g/mol. The van der Waals surface area contributed by atoms with Crippen molar-refractivity contribution in [2.75, 3.05) is 0 Å². The maximum absolute atomic E-state index is 12.1. The van der Waals surface area contributed by atoms with Crippen LogP contribution in [-0.4, -0.2) is 25.5 Å². The van der Waals surface area contributed by atoms with Crippen LogP contribution in [0.4, 0.5) is 0 Å². The van der Waals surface area contributed by atoms with E-state index in [-0.39, 0.29) is 5.91 Å². The second-order valence-corrected chi connectivity index (χ2v) is 5.65. The van der Waals surface area contributed by atoms with E-state index in [1.807, 2.05) is 36.5 Å². The molecule has 2 heterocycles. The number of nitrogens with one attached hydrogen (secondary N) is 1. The van der Waals surface area contributed by atoms with Gasteiger partial charge in [0, 0.05) is 32.2 Å². The number of aromatic nitrogens is 4. The van der Waals surface area contributed by atoms with Crippen LogP contribution in [0.5, 0.6) is 0 Å². The molecule has 3 rings (SSSR count). The van der Waals surface area contributed by atoms with Gasteiger partial charge >= 0.3 is 0 Å². The lowest BCUT2D eigenvalue weighted by atomic mass is 10.2. The smallest absolute Gasteiger partial charge is 0.273 e. The number of carbonyl (C=O) groups excluding carboxylic acids is 1. The summed E-state index contributed by atoms with van der Waals surface area (Å²) in [5.41, 5.74) is 2.37. The van der Waals surface area contributed by atoms with Crippen LogP contribution < -0.4 is 5.32 Å². The highest BCUT2D eigenvalue weighted by Crippen LogP contribution is 2.14. The molecule has 0 saturated heterocycles. The minimum atomic E-state index is -0.205. The fourth-order valence-electron chi connectivity index (χ4n) is 2.07. The molecule has 0 bridgehead atoms. The molecule has 0 fully saturated rings. The summed E-state index contributed by atoms with van der Waals surface area (Å²) < 4.78 is 4.06. The third-order valence-corrected chi connectivity index (χ3v) is 3.74. The van der Waals surface area contributed by atoms with Crippen LogP contribution in [0.15, 0.2) is 53.4 Å². The summed E-state index contributed by atoms with van der Waals surface area (Å²) in [6.07, 6.45) is 5.36. The zero-order chi connectivity index (χ0) is 15.5. The molecule has 3 aromatic rings. The van der Waals surface area contributed by atoms with E-state index >= 15 is 0 Å². The molecule has 6 nitrogen and oxygen atoms in total. The third-order valence-electron chi connectivity index (χ3n) is 3.16. The number of benzene rings is 1. The molecule has 0 atom stereocenters. The van der Waals surface area contributed by atoms with Gasteiger partial charge in [0.2, 0.25) is 0 Å². The molecule has 2 aromatic heterocycles. The summed E-state index contributed by atoms with van der Waals surface area (Å²) in [5.74, 6) is -0.205. The first-order valence-electron chi connectivity index (χ1n) is 6.70. The van der Waals surface area contributed by atoms with Gasteiger partial charge in [-0.2, -0.15) is 10.2 Å². The quantitative estimate of drug-likeness (QED) is 0.777. The van der Waals surface area contributed by atoms with Crippen LogP contribution in [-0.2, 0) is 13.6 Å². The summed E-state index contributed by atoms with van der Waals surface area (Å²) in [6, 6.07) is 9.73. The number of hydrogen-bond acceptors (Lipinski definition) is 3. The number of amides is 1. The Labute approximate surface area is 135 Å². The highest BCUT2D eigenvalue weighted by molar-refractivity contribution is 9.10. The molecule has 0 unspecified atom stereocenters. The topological polar surface area (TPSA) is 64.7 Å². The van der Waals surface area contributed by atoms with Crippen molar-refractivity contribution in [2.45, 2.75) is 6.54 Å². The molecular formula is C15H14BrN5O. The highest BCUT2D eigenvalue weighted by Gasteiger charge is 2.13. The van der Waals surface area contributed by atoms with Gasteiger partial charge in [0.25, 0.3) is 5.91 Å². The van der Waals surface area contributed by atoms with E-state index in [9.17, 15) is 4.79 Å². The van der Waals surface area contributed by atoms with E-state index in [1.165, 1.54) is 0 Å². The first kappa shape index (κ1) is 14.5. The van der Waals surface area contributed by atoms with Crippen LogP contribution in [0.25, 0.3) is 5.69 Å². The second kappa shape index (κ2) is 6.15. The van der Waals surface area contributed by atoms with Gasteiger partial charge in [-0.25, -0.2) is 4.68 Å². The van der Waals surface area contributed by atoms with Gasteiger partial charge in [0.1, 0.15) is 0 Å². The van der Waals surface area contributed by atoms with E-state index < -0.39 is 0 Å². The largest absolute Gasteiger partial charge is 0.347 e. The molecule has 112 valence electrons. The number of rotatable bonds is 4. The third kappa shape index (κ3) is 3.09. The molecule has 1 amide bonds. The lowest BCUT2D eigenvalue weighted by Crippen LogP contribution is -2.23. The van der Waals surface area contributed by atoms with Crippen molar-refractivity contribution in [3.8, 4) is 5.69 Å². The molecular weight excluding hydrogens is 346 g/mol. The molecule has 0 radical (unpaired) electrons. The Kier molecular flexibility index (Phi) is 4.06. The van der Waals surface area contributed by atoms with E-state index in [0.29, 0.717) is 16.7 Å². The summed E-state index contributed by atoms with van der Waals surface area (Å²) in [7, 11) is 1.77. The Hall–Kier alpha value is -2.41. The lowest BCUT2D eigenvalue weighted by molar-refractivity contribution is 0.0944. The van der Waals surface area contributed by atoms with Crippen LogP contribution in [0.2, 0.25) is 0 Å². The van der Waals surface area contributed by atoms with Crippen molar-refractivity contribution in [1.29, 1.82) is 0 Å². The minimum Gasteiger partial charge on any atom is -0.347 e. The summed E-state index contributed by atoms with van der Waals surface area (Å²) in [6.45, 7) is 0.446. The Balaban J connectivity index is 1.64. The van der Waals surface area contributed by atoms with Crippen molar-refractivity contribution >= 4 is 21.8 Å². The second-order valence-electron chi connectivity index (χ2n) is 4.80. The predicted octanol–water partition coefficient (Wildman–Crippen LogP) is 2.30. The average Bonchev–Trinajstić information content (AvgIpc) is 3.15. The Bertz CT molecular complexity index is 777. The number of carbonyl (C=O) groups is 1. The zero-order valence-corrected chi connectivity index (χ0v) is 13.5. The standard InChI is InChI=1S/C15H14BrN5O/c1-20-10-13(16)14(19-20)15(22)17-9-11-3-5-12(6-4-11)21-8-2-7-18-21/h2-8,10H,9H2,1H3,(H,17,22). The van der Waals surface area contributed by atoms with E-state index in [0.717, 1.165) is 11.3 Å². The Morgan fingerprint density at radius 2 is 2.09 bits per heavy atom.